The Bertz CT molecular complexity index is 994. The number of ether oxygens (including phenoxy) is 1. The van der Waals surface area contributed by atoms with Gasteiger partial charge in [0.1, 0.15) is 12.4 Å². The number of nitrogens with zero attached hydrogens (tertiary/aromatic N) is 3. The molecule has 29 heavy (non-hydrogen) atoms. The van der Waals surface area contributed by atoms with Gasteiger partial charge in [-0.2, -0.15) is 0 Å². The van der Waals surface area contributed by atoms with E-state index in [1.54, 1.807) is 30.3 Å². The average Bonchev–Trinajstić information content (AvgIpc) is 3.08. The van der Waals surface area contributed by atoms with E-state index in [2.05, 4.69) is 38.0 Å². The molecule has 2 aromatic carbocycles. The lowest BCUT2D eigenvalue weighted by Crippen LogP contribution is -2.15. The van der Waals surface area contributed by atoms with Gasteiger partial charge < -0.3 is 10.1 Å². The lowest BCUT2D eigenvalue weighted by Gasteiger charge is -2.09. The number of carbonyl (C=O) groups excluding carboxylic acids is 1. The molecule has 0 aliphatic heterocycles. The molecule has 0 radical (unpaired) electrons. The van der Waals surface area contributed by atoms with Crippen LogP contribution >= 0.6 is 39.3 Å². The van der Waals surface area contributed by atoms with Crippen molar-refractivity contribution in [2.24, 2.45) is 0 Å². The smallest absolute Gasteiger partial charge is 0.234 e. The summed E-state index contributed by atoms with van der Waals surface area (Å²) in [4.78, 5) is 12.2. The SMILES string of the molecule is C=CCn1c(COc2ccc(Br)cc2)nnc1SCC(=O)Nc1cccc(Cl)c1. The van der Waals surface area contributed by atoms with Crippen molar-refractivity contribution in [1.82, 2.24) is 14.8 Å². The second-order valence-corrected chi connectivity index (χ2v) is 8.18. The van der Waals surface area contributed by atoms with Crippen molar-refractivity contribution in [3.05, 3.63) is 76.5 Å². The van der Waals surface area contributed by atoms with E-state index < -0.39 is 0 Å². The molecule has 1 aromatic heterocycles. The number of carbonyl (C=O) groups is 1. The van der Waals surface area contributed by atoms with Gasteiger partial charge in [0, 0.05) is 21.7 Å². The number of rotatable bonds is 9. The Morgan fingerprint density at radius 3 is 2.79 bits per heavy atom. The summed E-state index contributed by atoms with van der Waals surface area (Å²) < 4.78 is 8.64. The maximum Gasteiger partial charge on any atom is 0.234 e. The fourth-order valence-electron chi connectivity index (χ4n) is 2.42. The van der Waals surface area contributed by atoms with E-state index in [4.69, 9.17) is 16.3 Å². The molecule has 3 aromatic rings. The molecule has 150 valence electrons. The van der Waals surface area contributed by atoms with Crippen molar-refractivity contribution < 1.29 is 9.53 Å². The molecular weight excluding hydrogens is 476 g/mol. The molecule has 0 bridgehead atoms. The van der Waals surface area contributed by atoms with Crippen molar-refractivity contribution in [3.8, 4) is 5.75 Å². The van der Waals surface area contributed by atoms with Gasteiger partial charge >= 0.3 is 0 Å². The van der Waals surface area contributed by atoms with Crippen LogP contribution in [0.3, 0.4) is 0 Å². The number of anilines is 1. The van der Waals surface area contributed by atoms with E-state index in [1.165, 1.54) is 11.8 Å². The number of thioether (sulfide) groups is 1. The number of aromatic nitrogens is 3. The predicted octanol–water partition coefficient (Wildman–Crippen LogP) is 5.19. The molecule has 0 spiro atoms. The molecule has 1 amide bonds. The van der Waals surface area contributed by atoms with E-state index >= 15 is 0 Å². The Labute approximate surface area is 186 Å². The molecule has 0 aliphatic rings. The lowest BCUT2D eigenvalue weighted by atomic mass is 10.3. The van der Waals surface area contributed by atoms with Gasteiger partial charge in [0.2, 0.25) is 5.91 Å². The van der Waals surface area contributed by atoms with Crippen LogP contribution in [0.5, 0.6) is 5.75 Å². The standard InChI is InChI=1S/C20H18BrClN4O2S/c1-2-10-26-18(12-28-17-8-6-14(21)7-9-17)24-25-20(26)29-13-19(27)23-16-5-3-4-15(22)11-16/h2-9,11H,1,10,12-13H2,(H,23,27). The fraction of sp³-hybridized carbons (Fsp3) is 0.150. The predicted molar refractivity (Wildman–Crippen MR) is 119 cm³/mol. The van der Waals surface area contributed by atoms with E-state index in [0.717, 1.165) is 10.2 Å². The highest BCUT2D eigenvalue weighted by Crippen LogP contribution is 2.21. The Kier molecular flexibility index (Phi) is 7.74. The summed E-state index contributed by atoms with van der Waals surface area (Å²) in [5.74, 6) is 1.43. The first-order valence-corrected chi connectivity index (χ1v) is 10.8. The minimum Gasteiger partial charge on any atom is -0.486 e. The van der Waals surface area contributed by atoms with Crippen molar-refractivity contribution >= 4 is 50.9 Å². The number of halogens is 2. The summed E-state index contributed by atoms with van der Waals surface area (Å²) in [5, 5.41) is 12.4. The summed E-state index contributed by atoms with van der Waals surface area (Å²) in [7, 11) is 0. The highest BCUT2D eigenvalue weighted by Gasteiger charge is 2.14. The second-order valence-electron chi connectivity index (χ2n) is 5.89. The van der Waals surface area contributed by atoms with Gasteiger partial charge in [-0.3, -0.25) is 9.36 Å². The van der Waals surface area contributed by atoms with Gasteiger partial charge in [-0.05, 0) is 42.5 Å². The summed E-state index contributed by atoms with van der Waals surface area (Å²) in [6, 6.07) is 14.6. The molecule has 0 fully saturated rings. The Morgan fingerprint density at radius 1 is 1.28 bits per heavy atom. The number of amides is 1. The highest BCUT2D eigenvalue weighted by molar-refractivity contribution is 9.10. The molecule has 0 aliphatic carbocycles. The Morgan fingerprint density at radius 2 is 2.07 bits per heavy atom. The zero-order valence-corrected chi connectivity index (χ0v) is 18.5. The number of nitrogens with one attached hydrogen (secondary N) is 1. The quantitative estimate of drug-likeness (QED) is 0.328. The maximum absolute atomic E-state index is 12.2. The maximum atomic E-state index is 12.2. The van der Waals surface area contributed by atoms with Crippen LogP contribution in [0.1, 0.15) is 5.82 Å². The van der Waals surface area contributed by atoms with E-state index in [9.17, 15) is 4.79 Å². The zero-order valence-electron chi connectivity index (χ0n) is 15.3. The van der Waals surface area contributed by atoms with Crippen molar-refractivity contribution in [3.63, 3.8) is 0 Å². The third-order valence-electron chi connectivity index (χ3n) is 3.73. The van der Waals surface area contributed by atoms with Gasteiger partial charge in [-0.1, -0.05) is 51.4 Å². The monoisotopic (exact) mass is 492 g/mol. The van der Waals surface area contributed by atoms with E-state index in [-0.39, 0.29) is 18.3 Å². The van der Waals surface area contributed by atoms with Gasteiger partial charge in [0.05, 0.1) is 5.75 Å². The van der Waals surface area contributed by atoms with Crippen LogP contribution in [0.25, 0.3) is 0 Å². The lowest BCUT2D eigenvalue weighted by molar-refractivity contribution is -0.113. The van der Waals surface area contributed by atoms with E-state index in [1.807, 2.05) is 28.8 Å². The number of hydrogen-bond donors (Lipinski definition) is 1. The van der Waals surface area contributed by atoms with Crippen molar-refractivity contribution in [2.75, 3.05) is 11.1 Å². The number of hydrogen-bond acceptors (Lipinski definition) is 5. The van der Waals surface area contributed by atoms with Gasteiger partial charge in [0.25, 0.3) is 0 Å². The minimum absolute atomic E-state index is 0.155. The van der Waals surface area contributed by atoms with Gasteiger partial charge in [-0.15, -0.1) is 16.8 Å². The normalized spacial score (nSPS) is 10.6. The zero-order chi connectivity index (χ0) is 20.6. The minimum atomic E-state index is -0.155. The fourth-order valence-corrected chi connectivity index (χ4v) is 3.64. The molecule has 0 saturated carbocycles. The first-order valence-electron chi connectivity index (χ1n) is 8.64. The molecular formula is C20H18BrClN4O2S. The van der Waals surface area contributed by atoms with Crippen molar-refractivity contribution in [2.45, 2.75) is 18.3 Å². The molecule has 1 heterocycles. The molecule has 6 nitrogen and oxygen atoms in total. The van der Waals surface area contributed by atoms with Crippen molar-refractivity contribution in [1.29, 1.82) is 0 Å². The van der Waals surface area contributed by atoms with Crippen LogP contribution in [0.4, 0.5) is 5.69 Å². The summed E-state index contributed by atoms with van der Waals surface area (Å²) in [5.41, 5.74) is 0.652. The summed E-state index contributed by atoms with van der Waals surface area (Å²) >= 11 is 10.6. The first kappa shape index (κ1) is 21.4. The molecule has 9 heteroatoms. The van der Waals surface area contributed by atoms with Gasteiger partial charge in [-0.25, -0.2) is 0 Å². The van der Waals surface area contributed by atoms with Crippen LogP contribution in [-0.4, -0.2) is 26.4 Å². The molecule has 0 unspecified atom stereocenters. The van der Waals surface area contributed by atoms with Gasteiger partial charge in [0.15, 0.2) is 11.0 Å². The van der Waals surface area contributed by atoms with Crippen LogP contribution in [0, 0.1) is 0 Å². The second kappa shape index (κ2) is 10.5. The van der Waals surface area contributed by atoms with E-state index in [0.29, 0.717) is 28.2 Å². The first-order chi connectivity index (χ1) is 14.0. The highest BCUT2D eigenvalue weighted by atomic mass is 79.9. The average molecular weight is 494 g/mol. The van der Waals surface area contributed by atoms with Crippen LogP contribution in [0.15, 0.2) is 70.8 Å². The third kappa shape index (κ3) is 6.35. The summed E-state index contributed by atoms with van der Waals surface area (Å²) in [6.45, 7) is 4.56. The Hall–Kier alpha value is -2.29. The summed E-state index contributed by atoms with van der Waals surface area (Å²) in [6.07, 6.45) is 1.75. The molecule has 3 rings (SSSR count). The van der Waals surface area contributed by atoms with Crippen LogP contribution in [0.2, 0.25) is 5.02 Å². The number of allylic oxidation sites excluding steroid dienone is 1. The third-order valence-corrected chi connectivity index (χ3v) is 5.46. The molecule has 0 atom stereocenters. The number of benzene rings is 2. The topological polar surface area (TPSA) is 69.0 Å². The molecule has 0 saturated heterocycles. The van der Waals surface area contributed by atoms with Crippen LogP contribution < -0.4 is 10.1 Å². The largest absolute Gasteiger partial charge is 0.486 e. The Balaban J connectivity index is 1.60. The van der Waals surface area contributed by atoms with Crippen LogP contribution in [-0.2, 0) is 17.9 Å². The molecule has 1 N–H and O–H groups in total.